The van der Waals surface area contributed by atoms with Gasteiger partial charge in [-0.05, 0) is 24.5 Å². The maximum Gasteiger partial charge on any atom is 0.237 e. The smallest absolute Gasteiger partial charge is 0.237 e. The molecule has 114 valence electrons. The lowest BCUT2D eigenvalue weighted by molar-refractivity contribution is -0.135. The van der Waals surface area contributed by atoms with Crippen LogP contribution in [-0.4, -0.2) is 29.9 Å². The highest BCUT2D eigenvalue weighted by molar-refractivity contribution is 5.79. The van der Waals surface area contributed by atoms with Crippen LogP contribution in [0.3, 0.4) is 0 Å². The lowest BCUT2D eigenvalue weighted by Gasteiger charge is -2.36. The van der Waals surface area contributed by atoms with Crippen molar-refractivity contribution in [2.45, 2.75) is 25.9 Å². The Kier molecular flexibility index (Phi) is 4.54. The fraction of sp³-hybridized carbons (Fsp3) is 0.316. The summed E-state index contributed by atoms with van der Waals surface area (Å²) in [6, 6.07) is 19.0. The highest BCUT2D eigenvalue weighted by Gasteiger charge is 2.27. The predicted octanol–water partition coefficient (Wildman–Crippen LogP) is 2.54. The van der Waals surface area contributed by atoms with Crippen molar-refractivity contribution in [2.75, 3.05) is 13.1 Å². The van der Waals surface area contributed by atoms with Gasteiger partial charge in [0.1, 0.15) is 0 Å². The maximum atomic E-state index is 12.3. The van der Waals surface area contributed by atoms with Crippen molar-refractivity contribution in [1.82, 2.24) is 10.2 Å². The summed E-state index contributed by atoms with van der Waals surface area (Å²) in [6.45, 7) is 4.07. The van der Waals surface area contributed by atoms with E-state index in [1.807, 2.05) is 11.0 Å². The van der Waals surface area contributed by atoms with E-state index in [-0.39, 0.29) is 11.9 Å². The van der Waals surface area contributed by atoms with Crippen molar-refractivity contribution in [3.05, 3.63) is 71.3 Å². The highest BCUT2D eigenvalue weighted by atomic mass is 16.2. The van der Waals surface area contributed by atoms with E-state index >= 15 is 0 Å². The number of amides is 1. The average molecular weight is 294 g/mol. The van der Waals surface area contributed by atoms with Gasteiger partial charge in [-0.25, -0.2) is 0 Å². The summed E-state index contributed by atoms with van der Waals surface area (Å²) in [6.07, 6.45) is 0.894. The molecule has 1 saturated heterocycles. The molecule has 1 amide bonds. The third-order valence-electron chi connectivity index (χ3n) is 4.20. The molecule has 3 nitrogen and oxygen atoms in total. The number of aryl methyl sites for hydroxylation is 1. The maximum absolute atomic E-state index is 12.3. The van der Waals surface area contributed by atoms with E-state index < -0.39 is 0 Å². The summed E-state index contributed by atoms with van der Waals surface area (Å²) < 4.78 is 0. The minimum atomic E-state index is 0.188. The summed E-state index contributed by atoms with van der Waals surface area (Å²) in [7, 11) is 0. The number of nitrogens with one attached hydrogen (secondary N) is 1. The number of benzene rings is 2. The van der Waals surface area contributed by atoms with Crippen molar-refractivity contribution in [3.63, 3.8) is 0 Å². The Labute approximate surface area is 132 Å². The molecular formula is C19H22N2O. The molecule has 0 aliphatic carbocycles. The number of rotatable bonds is 4. The molecule has 0 unspecified atom stereocenters. The molecule has 1 fully saturated rings. The molecule has 3 heteroatoms. The Hall–Kier alpha value is -2.13. The third kappa shape index (κ3) is 3.55. The van der Waals surface area contributed by atoms with Crippen LogP contribution in [0.2, 0.25) is 0 Å². The van der Waals surface area contributed by atoms with Gasteiger partial charge in [0.15, 0.2) is 0 Å². The van der Waals surface area contributed by atoms with Crippen LogP contribution in [0.1, 0.15) is 16.7 Å². The first-order chi connectivity index (χ1) is 10.7. The molecule has 1 heterocycles. The zero-order valence-electron chi connectivity index (χ0n) is 13.0. The van der Waals surface area contributed by atoms with E-state index in [2.05, 4.69) is 60.8 Å². The van der Waals surface area contributed by atoms with Gasteiger partial charge in [0.05, 0.1) is 6.54 Å². The van der Waals surface area contributed by atoms with Crippen LogP contribution in [-0.2, 0) is 17.8 Å². The monoisotopic (exact) mass is 294 g/mol. The number of carbonyl (C=O) groups is 1. The van der Waals surface area contributed by atoms with Crippen molar-refractivity contribution in [1.29, 1.82) is 0 Å². The summed E-state index contributed by atoms with van der Waals surface area (Å²) in [5.41, 5.74) is 3.72. The van der Waals surface area contributed by atoms with E-state index in [4.69, 9.17) is 0 Å². The zero-order valence-corrected chi connectivity index (χ0v) is 13.0. The molecule has 0 bridgehead atoms. The molecule has 1 aliphatic heterocycles. The molecule has 3 rings (SSSR count). The number of hydrogen-bond acceptors (Lipinski definition) is 2. The van der Waals surface area contributed by atoms with E-state index in [1.54, 1.807) is 0 Å². The Morgan fingerprint density at radius 3 is 2.50 bits per heavy atom. The van der Waals surface area contributed by atoms with Gasteiger partial charge in [-0.3, -0.25) is 4.79 Å². The quantitative estimate of drug-likeness (QED) is 0.940. The number of carbonyl (C=O) groups excluding carboxylic acids is 1. The van der Waals surface area contributed by atoms with E-state index in [0.717, 1.165) is 13.0 Å². The first-order valence-electron chi connectivity index (χ1n) is 7.82. The SMILES string of the molecule is Cc1ccc(CN2C(=O)CNC[C@@H]2Cc2ccccc2)cc1. The zero-order chi connectivity index (χ0) is 15.4. The van der Waals surface area contributed by atoms with Crippen LogP contribution in [0.25, 0.3) is 0 Å². The van der Waals surface area contributed by atoms with Crippen molar-refractivity contribution in [3.8, 4) is 0 Å². The largest absolute Gasteiger partial charge is 0.333 e. The molecule has 1 atom stereocenters. The molecule has 0 spiro atoms. The summed E-state index contributed by atoms with van der Waals surface area (Å²) in [4.78, 5) is 14.4. The Morgan fingerprint density at radius 2 is 1.77 bits per heavy atom. The van der Waals surface area contributed by atoms with Crippen LogP contribution >= 0.6 is 0 Å². The summed E-state index contributed by atoms with van der Waals surface area (Å²) in [5, 5.41) is 3.24. The number of hydrogen-bond donors (Lipinski definition) is 1. The third-order valence-corrected chi connectivity index (χ3v) is 4.20. The number of piperazine rings is 1. The Bertz CT molecular complexity index is 622. The molecule has 2 aromatic rings. The van der Waals surface area contributed by atoms with Crippen molar-refractivity contribution < 1.29 is 4.79 Å². The van der Waals surface area contributed by atoms with Crippen molar-refractivity contribution >= 4 is 5.91 Å². The lowest BCUT2D eigenvalue weighted by atomic mass is 10.0. The van der Waals surface area contributed by atoms with E-state index in [0.29, 0.717) is 13.1 Å². The van der Waals surface area contributed by atoms with Gasteiger partial charge in [-0.1, -0.05) is 60.2 Å². The van der Waals surface area contributed by atoms with Gasteiger partial charge < -0.3 is 10.2 Å². The molecule has 2 aromatic carbocycles. The fourth-order valence-electron chi connectivity index (χ4n) is 2.94. The molecule has 1 N–H and O–H groups in total. The molecule has 0 aromatic heterocycles. The van der Waals surface area contributed by atoms with Gasteiger partial charge in [0, 0.05) is 19.1 Å². The van der Waals surface area contributed by atoms with E-state index in [1.165, 1.54) is 16.7 Å². The molecule has 1 aliphatic rings. The van der Waals surface area contributed by atoms with Gasteiger partial charge in [-0.2, -0.15) is 0 Å². The van der Waals surface area contributed by atoms with Crippen molar-refractivity contribution in [2.24, 2.45) is 0 Å². The molecule has 0 saturated carbocycles. The first-order valence-corrected chi connectivity index (χ1v) is 7.82. The average Bonchev–Trinajstić information content (AvgIpc) is 2.54. The number of nitrogens with zero attached hydrogens (tertiary/aromatic N) is 1. The second-order valence-electron chi connectivity index (χ2n) is 5.98. The van der Waals surface area contributed by atoms with Gasteiger partial charge in [-0.15, -0.1) is 0 Å². The topological polar surface area (TPSA) is 32.3 Å². The molecule has 22 heavy (non-hydrogen) atoms. The highest BCUT2D eigenvalue weighted by Crippen LogP contribution is 2.16. The van der Waals surface area contributed by atoms with Crippen LogP contribution in [0.4, 0.5) is 0 Å². The van der Waals surface area contributed by atoms with Crippen LogP contribution in [0, 0.1) is 6.92 Å². The molecular weight excluding hydrogens is 272 g/mol. The van der Waals surface area contributed by atoms with Crippen LogP contribution in [0.5, 0.6) is 0 Å². The lowest BCUT2D eigenvalue weighted by Crippen LogP contribution is -2.55. The summed E-state index contributed by atoms with van der Waals surface area (Å²) >= 11 is 0. The van der Waals surface area contributed by atoms with Crippen LogP contribution < -0.4 is 5.32 Å². The van der Waals surface area contributed by atoms with Crippen LogP contribution in [0.15, 0.2) is 54.6 Å². The Morgan fingerprint density at radius 1 is 1.05 bits per heavy atom. The van der Waals surface area contributed by atoms with Gasteiger partial charge >= 0.3 is 0 Å². The normalized spacial score (nSPS) is 18.5. The van der Waals surface area contributed by atoms with E-state index in [9.17, 15) is 4.79 Å². The fourth-order valence-corrected chi connectivity index (χ4v) is 2.94. The predicted molar refractivity (Wildman–Crippen MR) is 88.5 cm³/mol. The minimum Gasteiger partial charge on any atom is -0.333 e. The Balaban J connectivity index is 1.75. The first kappa shape index (κ1) is 14.8. The van der Waals surface area contributed by atoms with Gasteiger partial charge in [0.2, 0.25) is 5.91 Å². The second kappa shape index (κ2) is 6.75. The summed E-state index contributed by atoms with van der Waals surface area (Å²) in [5.74, 6) is 0.188. The minimum absolute atomic E-state index is 0.188. The standard InChI is InChI=1S/C19H22N2O/c1-15-7-9-17(10-8-15)14-21-18(12-20-13-19(21)22)11-16-5-3-2-4-6-16/h2-10,18,20H,11-14H2,1H3/t18-/m0/s1. The second-order valence-corrected chi connectivity index (χ2v) is 5.98. The molecule has 0 radical (unpaired) electrons. The van der Waals surface area contributed by atoms with Gasteiger partial charge in [0.25, 0.3) is 0 Å².